The Bertz CT molecular complexity index is 644. The highest BCUT2D eigenvalue weighted by atomic mass is 32.2. The maximum absolute atomic E-state index is 11.4. The Balaban J connectivity index is 2.25. The number of nitrogens with one attached hydrogen (secondary N) is 1. The zero-order valence-electron chi connectivity index (χ0n) is 11.0. The number of thioether (sulfide) groups is 1. The Labute approximate surface area is 120 Å². The Kier molecular flexibility index (Phi) is 4.65. The molecular formula is C13H16N4O2S. The van der Waals surface area contributed by atoms with Crippen LogP contribution >= 0.6 is 11.8 Å². The molecule has 1 heterocycles. The van der Waals surface area contributed by atoms with Crippen LogP contribution in [0, 0.1) is 0 Å². The molecule has 1 aromatic heterocycles. The van der Waals surface area contributed by atoms with Gasteiger partial charge in [0.15, 0.2) is 5.16 Å². The van der Waals surface area contributed by atoms with Gasteiger partial charge in [-0.05, 0) is 17.7 Å². The standard InChI is InChI=1S/C13H16N4O2S/c1-19-9-4-2-3-8(5-9)10(7-14)20-13-16-11(15)6-12(18)17-13/h2-6,10H,7,14H2,1H3,(H3,15,16,17,18). The number of anilines is 1. The van der Waals surface area contributed by atoms with Crippen LogP contribution in [-0.2, 0) is 0 Å². The van der Waals surface area contributed by atoms with Crippen molar-refractivity contribution in [2.45, 2.75) is 10.4 Å². The Hall–Kier alpha value is -1.99. The largest absolute Gasteiger partial charge is 0.497 e. The topological polar surface area (TPSA) is 107 Å². The number of nitrogens with two attached hydrogens (primary N) is 2. The van der Waals surface area contributed by atoms with Crippen LogP contribution < -0.4 is 21.8 Å². The summed E-state index contributed by atoms with van der Waals surface area (Å²) in [5.74, 6) is 0.952. The first-order valence-corrected chi connectivity index (χ1v) is 6.88. The highest BCUT2D eigenvalue weighted by molar-refractivity contribution is 7.99. The number of hydrogen-bond donors (Lipinski definition) is 3. The molecule has 1 atom stereocenters. The molecule has 2 rings (SSSR count). The molecule has 2 aromatic rings. The summed E-state index contributed by atoms with van der Waals surface area (Å²) in [6.45, 7) is 0.399. The van der Waals surface area contributed by atoms with Gasteiger partial charge in [-0.25, -0.2) is 4.98 Å². The molecule has 1 unspecified atom stereocenters. The van der Waals surface area contributed by atoms with Crippen molar-refractivity contribution in [2.75, 3.05) is 19.4 Å². The molecule has 20 heavy (non-hydrogen) atoms. The summed E-state index contributed by atoms with van der Waals surface area (Å²) in [4.78, 5) is 18.1. The lowest BCUT2D eigenvalue weighted by Gasteiger charge is -2.15. The summed E-state index contributed by atoms with van der Waals surface area (Å²) in [6, 6.07) is 8.87. The summed E-state index contributed by atoms with van der Waals surface area (Å²) >= 11 is 1.36. The number of aromatic amines is 1. The molecular weight excluding hydrogens is 276 g/mol. The zero-order valence-corrected chi connectivity index (χ0v) is 11.8. The van der Waals surface area contributed by atoms with Gasteiger partial charge in [0.05, 0.1) is 7.11 Å². The molecule has 0 aliphatic rings. The zero-order chi connectivity index (χ0) is 14.5. The van der Waals surface area contributed by atoms with Crippen molar-refractivity contribution in [1.29, 1.82) is 0 Å². The minimum Gasteiger partial charge on any atom is -0.497 e. The summed E-state index contributed by atoms with van der Waals surface area (Å²) in [7, 11) is 1.61. The first-order valence-electron chi connectivity index (χ1n) is 6.00. The highest BCUT2D eigenvalue weighted by Crippen LogP contribution is 2.33. The van der Waals surface area contributed by atoms with Gasteiger partial charge in [-0.2, -0.15) is 0 Å². The number of nitrogen functional groups attached to an aromatic ring is 1. The van der Waals surface area contributed by atoms with Crippen LogP contribution in [0.2, 0.25) is 0 Å². The lowest BCUT2D eigenvalue weighted by molar-refractivity contribution is 0.414. The number of H-pyrrole nitrogens is 1. The van der Waals surface area contributed by atoms with E-state index in [0.29, 0.717) is 11.7 Å². The minimum absolute atomic E-state index is 0.0463. The van der Waals surface area contributed by atoms with Gasteiger partial charge >= 0.3 is 0 Å². The van der Waals surface area contributed by atoms with E-state index in [9.17, 15) is 4.79 Å². The van der Waals surface area contributed by atoms with Crippen molar-refractivity contribution < 1.29 is 4.74 Å². The Morgan fingerprint density at radius 3 is 2.90 bits per heavy atom. The number of benzene rings is 1. The van der Waals surface area contributed by atoms with Crippen LogP contribution in [0.4, 0.5) is 5.82 Å². The van der Waals surface area contributed by atoms with E-state index >= 15 is 0 Å². The Morgan fingerprint density at radius 1 is 1.45 bits per heavy atom. The molecule has 0 spiro atoms. The predicted molar refractivity (Wildman–Crippen MR) is 79.9 cm³/mol. The molecule has 1 aromatic carbocycles. The average Bonchev–Trinajstić information content (AvgIpc) is 2.44. The van der Waals surface area contributed by atoms with E-state index in [1.54, 1.807) is 7.11 Å². The van der Waals surface area contributed by atoms with Gasteiger partial charge in [0.2, 0.25) is 0 Å². The first kappa shape index (κ1) is 14.4. The molecule has 106 valence electrons. The average molecular weight is 292 g/mol. The third-order valence-corrected chi connectivity index (χ3v) is 3.84. The second-order valence-electron chi connectivity index (χ2n) is 4.09. The fourth-order valence-corrected chi connectivity index (χ4v) is 2.70. The molecule has 0 bridgehead atoms. The van der Waals surface area contributed by atoms with E-state index in [1.807, 2.05) is 24.3 Å². The van der Waals surface area contributed by atoms with Crippen LogP contribution in [0.1, 0.15) is 10.8 Å². The van der Waals surface area contributed by atoms with Crippen LogP contribution in [0.15, 0.2) is 40.3 Å². The maximum atomic E-state index is 11.4. The summed E-state index contributed by atoms with van der Waals surface area (Å²) in [5, 5.41) is 0.406. The Morgan fingerprint density at radius 2 is 2.25 bits per heavy atom. The van der Waals surface area contributed by atoms with E-state index in [4.69, 9.17) is 16.2 Å². The van der Waals surface area contributed by atoms with Crippen LogP contribution in [0.3, 0.4) is 0 Å². The molecule has 0 saturated heterocycles. The van der Waals surface area contributed by atoms with E-state index in [-0.39, 0.29) is 16.6 Å². The normalized spacial score (nSPS) is 12.1. The number of hydrogen-bond acceptors (Lipinski definition) is 6. The summed E-state index contributed by atoms with van der Waals surface area (Å²) in [6.07, 6.45) is 0. The van der Waals surface area contributed by atoms with Gasteiger partial charge in [-0.3, -0.25) is 4.79 Å². The lowest BCUT2D eigenvalue weighted by atomic mass is 10.1. The van der Waals surface area contributed by atoms with Gasteiger partial charge in [0, 0.05) is 17.9 Å². The van der Waals surface area contributed by atoms with Crippen molar-refractivity contribution in [2.24, 2.45) is 5.73 Å². The predicted octanol–water partition coefficient (Wildman–Crippen LogP) is 1.15. The molecule has 6 nitrogen and oxygen atoms in total. The third-order valence-electron chi connectivity index (χ3n) is 2.67. The van der Waals surface area contributed by atoms with Gasteiger partial charge in [0.25, 0.3) is 5.56 Å². The molecule has 0 aliphatic heterocycles. The van der Waals surface area contributed by atoms with Crippen molar-refractivity contribution >= 4 is 17.6 Å². The summed E-state index contributed by atoms with van der Waals surface area (Å²) in [5.41, 5.74) is 12.1. The number of ether oxygens (including phenoxy) is 1. The van der Waals surface area contributed by atoms with E-state index in [0.717, 1.165) is 11.3 Å². The van der Waals surface area contributed by atoms with E-state index in [1.165, 1.54) is 17.8 Å². The number of aromatic nitrogens is 2. The third kappa shape index (κ3) is 3.52. The van der Waals surface area contributed by atoms with E-state index < -0.39 is 0 Å². The van der Waals surface area contributed by atoms with Crippen LogP contribution in [-0.4, -0.2) is 23.6 Å². The molecule has 0 aliphatic carbocycles. The van der Waals surface area contributed by atoms with Crippen LogP contribution in [0.25, 0.3) is 0 Å². The summed E-state index contributed by atoms with van der Waals surface area (Å²) < 4.78 is 5.19. The monoisotopic (exact) mass is 292 g/mol. The molecule has 0 amide bonds. The van der Waals surface area contributed by atoms with Gasteiger partial charge < -0.3 is 21.2 Å². The van der Waals surface area contributed by atoms with Crippen molar-refractivity contribution in [3.8, 4) is 5.75 Å². The lowest BCUT2D eigenvalue weighted by Crippen LogP contribution is -2.13. The second-order valence-corrected chi connectivity index (χ2v) is 5.29. The quantitative estimate of drug-likeness (QED) is 0.564. The van der Waals surface area contributed by atoms with Crippen LogP contribution in [0.5, 0.6) is 5.75 Å². The second kappa shape index (κ2) is 6.44. The number of rotatable bonds is 5. The first-order chi connectivity index (χ1) is 9.62. The highest BCUT2D eigenvalue weighted by Gasteiger charge is 2.14. The fourth-order valence-electron chi connectivity index (χ4n) is 1.74. The number of nitrogens with zero attached hydrogens (tertiary/aromatic N) is 1. The fraction of sp³-hybridized carbons (Fsp3) is 0.231. The van der Waals surface area contributed by atoms with Gasteiger partial charge in [-0.1, -0.05) is 23.9 Å². The molecule has 5 N–H and O–H groups in total. The molecule has 7 heteroatoms. The smallest absolute Gasteiger partial charge is 0.253 e. The van der Waals surface area contributed by atoms with Crippen molar-refractivity contribution in [3.63, 3.8) is 0 Å². The minimum atomic E-state index is -0.276. The van der Waals surface area contributed by atoms with Gasteiger partial charge in [-0.15, -0.1) is 0 Å². The number of methoxy groups -OCH3 is 1. The van der Waals surface area contributed by atoms with E-state index in [2.05, 4.69) is 9.97 Å². The van der Waals surface area contributed by atoms with Gasteiger partial charge in [0.1, 0.15) is 11.6 Å². The maximum Gasteiger partial charge on any atom is 0.253 e. The van der Waals surface area contributed by atoms with Crippen molar-refractivity contribution in [3.05, 3.63) is 46.2 Å². The molecule has 0 saturated carbocycles. The SMILES string of the molecule is COc1cccc(C(CN)Sc2nc(N)cc(=O)[nH]2)c1. The molecule has 0 fully saturated rings. The van der Waals surface area contributed by atoms with Crippen molar-refractivity contribution in [1.82, 2.24) is 9.97 Å². The molecule has 0 radical (unpaired) electrons.